The van der Waals surface area contributed by atoms with Crippen molar-refractivity contribution < 1.29 is 19.1 Å². The lowest BCUT2D eigenvalue weighted by molar-refractivity contribution is -0.161. The van der Waals surface area contributed by atoms with Crippen LogP contribution in [0.15, 0.2) is 60.7 Å². The number of carbonyl (C=O) groups is 2. The van der Waals surface area contributed by atoms with E-state index in [2.05, 4.69) is 0 Å². The molecule has 0 saturated heterocycles. The Morgan fingerprint density at radius 1 is 0.812 bits per heavy atom. The zero-order valence-electron chi connectivity index (χ0n) is 18.5. The maximum atomic E-state index is 13.1. The van der Waals surface area contributed by atoms with Crippen molar-refractivity contribution in [1.82, 2.24) is 4.98 Å². The van der Waals surface area contributed by atoms with Crippen molar-refractivity contribution in [3.63, 3.8) is 0 Å². The topological polar surface area (TPSA) is 65.5 Å². The molecule has 0 spiro atoms. The van der Waals surface area contributed by atoms with Crippen LogP contribution in [0, 0.1) is 0 Å². The number of fused-ring (bicyclic) bond motifs is 2. The Hall–Kier alpha value is -3.25. The van der Waals surface area contributed by atoms with Gasteiger partial charge in [-0.2, -0.15) is 0 Å². The second-order valence-corrected chi connectivity index (χ2v) is 9.21. The van der Waals surface area contributed by atoms with E-state index in [1.54, 1.807) is 27.7 Å². The molecule has 0 amide bonds. The molecule has 0 aliphatic carbocycles. The van der Waals surface area contributed by atoms with Crippen LogP contribution in [0.25, 0.3) is 31.6 Å². The predicted octanol–water partition coefficient (Wildman–Crippen LogP) is 6.10. The van der Waals surface area contributed by atoms with Gasteiger partial charge in [0.1, 0.15) is 5.01 Å². The first kappa shape index (κ1) is 22.0. The number of thiazole rings is 1. The number of aromatic nitrogens is 1. The molecule has 0 fully saturated rings. The maximum absolute atomic E-state index is 13.1. The number of hydrogen-bond donors (Lipinski definition) is 0. The summed E-state index contributed by atoms with van der Waals surface area (Å²) in [5, 5.41) is 2.66. The fraction of sp³-hybridized carbons (Fsp3) is 0.269. The molecule has 5 nitrogen and oxygen atoms in total. The third-order valence-corrected chi connectivity index (χ3v) is 6.00. The van der Waals surface area contributed by atoms with Crippen molar-refractivity contribution in [3.8, 4) is 10.6 Å². The fourth-order valence-corrected chi connectivity index (χ4v) is 4.62. The zero-order valence-corrected chi connectivity index (χ0v) is 19.3. The predicted molar refractivity (Wildman–Crippen MR) is 128 cm³/mol. The Bertz CT molecular complexity index is 1240. The molecule has 0 atom stereocenters. The molecule has 4 aromatic rings. The van der Waals surface area contributed by atoms with Gasteiger partial charge in [-0.1, -0.05) is 36.4 Å². The molecular formula is C26H25NO4S. The SMILES string of the molecule is CC(C)OC(=O)C(C(=O)OC(C)C)c1cc2ccccc2cc1-c1nc2ccccc2s1. The Balaban J connectivity index is 1.95. The normalized spacial score (nSPS) is 11.6. The minimum Gasteiger partial charge on any atom is -0.462 e. The molecule has 164 valence electrons. The van der Waals surface area contributed by atoms with Crippen molar-refractivity contribution in [2.75, 3.05) is 0 Å². The molecule has 6 heteroatoms. The molecule has 0 aliphatic heterocycles. The number of rotatable bonds is 6. The van der Waals surface area contributed by atoms with Crippen LogP contribution in [0.2, 0.25) is 0 Å². The van der Waals surface area contributed by atoms with Crippen LogP contribution in [-0.4, -0.2) is 29.1 Å². The number of esters is 2. The number of para-hydroxylation sites is 1. The average molecular weight is 448 g/mol. The standard InChI is InChI=1S/C26H25NO4S/c1-15(2)30-25(28)23(26(29)31-16(3)4)19-13-17-9-5-6-10-18(17)14-20(19)24-27-21-11-7-8-12-22(21)32-24/h5-16,23H,1-4H3. The van der Waals surface area contributed by atoms with Gasteiger partial charge in [0.05, 0.1) is 22.4 Å². The van der Waals surface area contributed by atoms with E-state index in [-0.39, 0.29) is 12.2 Å². The third kappa shape index (κ3) is 4.50. The fourth-order valence-electron chi connectivity index (χ4n) is 3.62. The minimum atomic E-state index is -1.20. The summed E-state index contributed by atoms with van der Waals surface area (Å²) in [7, 11) is 0. The lowest BCUT2D eigenvalue weighted by atomic mass is 9.91. The van der Waals surface area contributed by atoms with Gasteiger partial charge in [0, 0.05) is 5.56 Å². The van der Waals surface area contributed by atoms with Crippen LogP contribution in [0.4, 0.5) is 0 Å². The average Bonchev–Trinajstić information content (AvgIpc) is 3.16. The molecule has 32 heavy (non-hydrogen) atoms. The first-order chi connectivity index (χ1) is 15.3. The van der Waals surface area contributed by atoms with E-state index in [0.717, 1.165) is 31.6 Å². The second-order valence-electron chi connectivity index (χ2n) is 8.18. The minimum absolute atomic E-state index is 0.358. The Labute approximate surface area is 191 Å². The van der Waals surface area contributed by atoms with Crippen molar-refractivity contribution in [3.05, 3.63) is 66.2 Å². The Morgan fingerprint density at radius 3 is 1.97 bits per heavy atom. The monoisotopic (exact) mass is 447 g/mol. The van der Waals surface area contributed by atoms with Crippen LogP contribution in [-0.2, 0) is 19.1 Å². The highest BCUT2D eigenvalue weighted by molar-refractivity contribution is 7.21. The first-order valence-corrected chi connectivity index (χ1v) is 11.4. The summed E-state index contributed by atoms with van der Waals surface area (Å²) < 4.78 is 12.0. The number of benzene rings is 3. The lowest BCUT2D eigenvalue weighted by Gasteiger charge is -2.21. The van der Waals surface area contributed by atoms with E-state index in [1.165, 1.54) is 11.3 Å². The van der Waals surface area contributed by atoms with E-state index in [9.17, 15) is 9.59 Å². The molecule has 0 N–H and O–H groups in total. The van der Waals surface area contributed by atoms with Gasteiger partial charge >= 0.3 is 11.9 Å². The van der Waals surface area contributed by atoms with Crippen LogP contribution in [0.3, 0.4) is 0 Å². The molecular weight excluding hydrogens is 422 g/mol. The highest BCUT2D eigenvalue weighted by Crippen LogP contribution is 2.38. The van der Waals surface area contributed by atoms with Gasteiger partial charge in [-0.15, -0.1) is 11.3 Å². The van der Waals surface area contributed by atoms with Gasteiger partial charge in [0.2, 0.25) is 0 Å². The van der Waals surface area contributed by atoms with Crippen molar-refractivity contribution in [2.24, 2.45) is 0 Å². The quantitative estimate of drug-likeness (QED) is 0.264. The molecule has 4 rings (SSSR count). The summed E-state index contributed by atoms with van der Waals surface area (Å²) in [6.07, 6.45) is -0.716. The highest BCUT2D eigenvalue weighted by atomic mass is 32.1. The van der Waals surface area contributed by atoms with Crippen molar-refractivity contribution >= 4 is 44.3 Å². The summed E-state index contributed by atoms with van der Waals surface area (Å²) in [5.74, 6) is -2.45. The van der Waals surface area contributed by atoms with Crippen molar-refractivity contribution in [2.45, 2.75) is 45.8 Å². The maximum Gasteiger partial charge on any atom is 0.325 e. The number of nitrogens with zero attached hydrogens (tertiary/aromatic N) is 1. The van der Waals surface area contributed by atoms with Crippen LogP contribution < -0.4 is 0 Å². The van der Waals surface area contributed by atoms with Gasteiger partial charge in [0.15, 0.2) is 5.92 Å². The molecule has 0 unspecified atom stereocenters. The van der Waals surface area contributed by atoms with Gasteiger partial charge in [0.25, 0.3) is 0 Å². The van der Waals surface area contributed by atoms with Gasteiger partial charge in [-0.25, -0.2) is 4.98 Å². The summed E-state index contributed by atoms with van der Waals surface area (Å²) in [6, 6.07) is 19.6. The van der Waals surface area contributed by atoms with E-state index in [1.807, 2.05) is 60.7 Å². The van der Waals surface area contributed by atoms with Crippen LogP contribution in [0.5, 0.6) is 0 Å². The number of ether oxygens (including phenoxy) is 2. The Kier molecular flexibility index (Phi) is 6.24. The molecule has 1 heterocycles. The van der Waals surface area contributed by atoms with Gasteiger partial charge < -0.3 is 9.47 Å². The van der Waals surface area contributed by atoms with E-state index in [4.69, 9.17) is 14.5 Å². The molecule has 0 bridgehead atoms. The third-order valence-electron chi connectivity index (χ3n) is 4.93. The van der Waals surface area contributed by atoms with Gasteiger partial charge in [-0.3, -0.25) is 9.59 Å². The van der Waals surface area contributed by atoms with Gasteiger partial charge in [-0.05, 0) is 68.3 Å². The number of hydrogen-bond acceptors (Lipinski definition) is 6. The van der Waals surface area contributed by atoms with E-state index in [0.29, 0.717) is 5.56 Å². The second kappa shape index (κ2) is 9.09. The molecule has 0 radical (unpaired) electrons. The van der Waals surface area contributed by atoms with Crippen LogP contribution in [0.1, 0.15) is 39.2 Å². The van der Waals surface area contributed by atoms with Crippen LogP contribution >= 0.6 is 11.3 Å². The molecule has 3 aromatic carbocycles. The molecule has 1 aromatic heterocycles. The summed E-state index contributed by atoms with van der Waals surface area (Å²) >= 11 is 1.53. The molecule has 0 aliphatic rings. The largest absolute Gasteiger partial charge is 0.462 e. The summed E-state index contributed by atoms with van der Waals surface area (Å²) in [5.41, 5.74) is 2.15. The highest BCUT2D eigenvalue weighted by Gasteiger charge is 2.35. The lowest BCUT2D eigenvalue weighted by Crippen LogP contribution is -2.30. The molecule has 0 saturated carbocycles. The Morgan fingerprint density at radius 2 is 1.38 bits per heavy atom. The van der Waals surface area contributed by atoms with Crippen molar-refractivity contribution in [1.29, 1.82) is 0 Å². The zero-order chi connectivity index (χ0) is 22.8. The first-order valence-electron chi connectivity index (χ1n) is 10.6. The summed E-state index contributed by atoms with van der Waals surface area (Å²) in [4.78, 5) is 31.0. The smallest absolute Gasteiger partial charge is 0.325 e. The number of carbonyl (C=O) groups excluding carboxylic acids is 2. The van der Waals surface area contributed by atoms with E-state index >= 15 is 0 Å². The van der Waals surface area contributed by atoms with E-state index < -0.39 is 17.9 Å². The summed E-state index contributed by atoms with van der Waals surface area (Å²) in [6.45, 7) is 7.05.